The maximum Gasteiger partial charge on any atom is 0.257 e. The smallest absolute Gasteiger partial charge is 0.257 e. The van der Waals surface area contributed by atoms with Gasteiger partial charge in [-0.25, -0.2) is 4.98 Å². The number of carbonyl (C=O) groups excluding carboxylic acids is 1. The van der Waals surface area contributed by atoms with E-state index in [9.17, 15) is 10.0 Å². The van der Waals surface area contributed by atoms with Crippen molar-refractivity contribution in [3.05, 3.63) is 41.7 Å². The normalized spacial score (nSPS) is 11.3. The van der Waals surface area contributed by atoms with Crippen LogP contribution in [0.1, 0.15) is 36.8 Å². The summed E-state index contributed by atoms with van der Waals surface area (Å²) in [7, 11) is 0. The summed E-state index contributed by atoms with van der Waals surface area (Å²) in [5, 5.41) is 13.9. The molecular weight excluding hydrogens is 268 g/mol. The molecule has 2 rings (SSSR count). The Hall–Kier alpha value is -2.34. The Kier molecular flexibility index (Phi) is 3.99. The van der Waals surface area contributed by atoms with Gasteiger partial charge in [-0.3, -0.25) is 20.4 Å². The molecule has 0 fully saturated rings. The third-order valence-electron chi connectivity index (χ3n) is 2.94. The van der Waals surface area contributed by atoms with Crippen molar-refractivity contribution >= 4 is 17.5 Å². The maximum atomic E-state index is 12.1. The molecule has 1 heterocycles. The van der Waals surface area contributed by atoms with Crippen LogP contribution < -0.4 is 10.4 Å². The number of aryl methyl sites for hydroxylation is 1. The summed E-state index contributed by atoms with van der Waals surface area (Å²) in [6, 6.07) is 6.73. The second-order valence-electron chi connectivity index (χ2n) is 5.90. The largest absolute Gasteiger partial charge is 0.328 e. The summed E-state index contributed by atoms with van der Waals surface area (Å²) in [4.78, 5) is 19.0. The van der Waals surface area contributed by atoms with E-state index in [1.54, 1.807) is 30.5 Å². The summed E-state index contributed by atoms with van der Waals surface area (Å²) < 4.78 is 0. The van der Waals surface area contributed by atoms with Gasteiger partial charge >= 0.3 is 0 Å². The highest BCUT2D eigenvalue weighted by atomic mass is 16.5. The summed E-state index contributed by atoms with van der Waals surface area (Å²) in [6.07, 6.45) is 1.64. The number of H-pyrrole nitrogens is 1. The van der Waals surface area contributed by atoms with E-state index in [0.29, 0.717) is 17.2 Å². The highest BCUT2D eigenvalue weighted by molar-refractivity contribution is 6.03. The van der Waals surface area contributed by atoms with E-state index in [1.807, 2.05) is 27.7 Å². The van der Waals surface area contributed by atoms with Crippen molar-refractivity contribution in [2.75, 3.05) is 10.4 Å². The van der Waals surface area contributed by atoms with Gasteiger partial charge in [-0.1, -0.05) is 0 Å². The predicted octanol–water partition coefficient (Wildman–Crippen LogP) is 2.96. The molecule has 0 aliphatic heterocycles. The van der Waals surface area contributed by atoms with E-state index in [-0.39, 0.29) is 5.91 Å². The number of nitrogens with one attached hydrogen (secondary N) is 2. The van der Waals surface area contributed by atoms with Gasteiger partial charge in [0, 0.05) is 17.5 Å². The first-order valence-electron chi connectivity index (χ1n) is 6.69. The van der Waals surface area contributed by atoms with Gasteiger partial charge in [0.15, 0.2) is 0 Å². The molecule has 0 saturated carbocycles. The lowest BCUT2D eigenvalue weighted by atomic mass is 10.1. The van der Waals surface area contributed by atoms with E-state index in [1.165, 1.54) is 5.06 Å². The van der Waals surface area contributed by atoms with Gasteiger partial charge in [0.05, 0.1) is 11.2 Å². The fourth-order valence-electron chi connectivity index (χ4n) is 1.80. The molecule has 21 heavy (non-hydrogen) atoms. The van der Waals surface area contributed by atoms with Crippen molar-refractivity contribution in [2.45, 2.75) is 33.2 Å². The molecule has 1 aromatic heterocycles. The number of aromatic nitrogens is 2. The molecule has 0 atom stereocenters. The number of anilines is 2. The molecule has 0 saturated heterocycles. The van der Waals surface area contributed by atoms with Gasteiger partial charge in [0.2, 0.25) is 5.95 Å². The zero-order chi connectivity index (χ0) is 15.6. The van der Waals surface area contributed by atoms with Gasteiger partial charge < -0.3 is 4.98 Å². The van der Waals surface area contributed by atoms with E-state index in [0.717, 1.165) is 5.69 Å². The Morgan fingerprint density at radius 3 is 2.38 bits per heavy atom. The molecule has 3 N–H and O–H groups in total. The lowest BCUT2D eigenvalue weighted by Crippen LogP contribution is -2.38. The Morgan fingerprint density at radius 1 is 1.29 bits per heavy atom. The number of hydrogen-bond donors (Lipinski definition) is 3. The molecule has 0 spiro atoms. The van der Waals surface area contributed by atoms with E-state index >= 15 is 0 Å². The van der Waals surface area contributed by atoms with Gasteiger partial charge in [-0.15, -0.1) is 0 Å². The lowest BCUT2D eigenvalue weighted by Gasteiger charge is -2.31. The quantitative estimate of drug-likeness (QED) is 0.758. The van der Waals surface area contributed by atoms with Crippen LogP contribution in [0.25, 0.3) is 0 Å². The number of amides is 1. The minimum absolute atomic E-state index is 0.254. The van der Waals surface area contributed by atoms with Crippen LogP contribution in [0.5, 0.6) is 0 Å². The van der Waals surface area contributed by atoms with E-state index < -0.39 is 5.54 Å². The number of rotatable bonds is 3. The number of aromatic amines is 1. The molecule has 0 aliphatic rings. The average Bonchev–Trinajstić information content (AvgIpc) is 2.82. The highest BCUT2D eigenvalue weighted by Crippen LogP contribution is 2.22. The molecule has 112 valence electrons. The Balaban J connectivity index is 2.10. The van der Waals surface area contributed by atoms with Crippen LogP contribution >= 0.6 is 0 Å². The number of benzene rings is 1. The van der Waals surface area contributed by atoms with Gasteiger partial charge in [-0.2, -0.15) is 0 Å². The van der Waals surface area contributed by atoms with Crippen LogP contribution in [0.4, 0.5) is 11.6 Å². The molecule has 6 heteroatoms. The van der Waals surface area contributed by atoms with E-state index in [4.69, 9.17) is 0 Å². The fourth-order valence-corrected chi connectivity index (χ4v) is 1.80. The second-order valence-corrected chi connectivity index (χ2v) is 5.90. The standard InChI is InChI=1S/C15H20N4O2/c1-10-9-16-14(17-10)18-13(20)11-5-7-12(8-6-11)19(21)15(2,3)4/h5-9,21H,1-4H3,(H2,16,17,18,20). The van der Waals surface area contributed by atoms with Crippen LogP contribution in [0, 0.1) is 6.92 Å². The van der Waals surface area contributed by atoms with Crippen molar-refractivity contribution in [1.82, 2.24) is 9.97 Å². The van der Waals surface area contributed by atoms with Crippen LogP contribution in [-0.4, -0.2) is 26.6 Å². The van der Waals surface area contributed by atoms with Crippen LogP contribution in [0.2, 0.25) is 0 Å². The van der Waals surface area contributed by atoms with Gasteiger partial charge in [0.1, 0.15) is 0 Å². The second kappa shape index (κ2) is 5.57. The number of hydrogen-bond acceptors (Lipinski definition) is 4. The summed E-state index contributed by atoms with van der Waals surface area (Å²) in [6.45, 7) is 7.55. The Labute approximate surface area is 123 Å². The Morgan fingerprint density at radius 2 is 1.90 bits per heavy atom. The minimum Gasteiger partial charge on any atom is -0.328 e. The third kappa shape index (κ3) is 3.61. The lowest BCUT2D eigenvalue weighted by molar-refractivity contribution is 0.102. The number of hydroxylamine groups is 1. The molecule has 0 unspecified atom stereocenters. The molecule has 0 radical (unpaired) electrons. The first-order valence-corrected chi connectivity index (χ1v) is 6.69. The van der Waals surface area contributed by atoms with Gasteiger partial charge in [-0.05, 0) is 52.0 Å². The maximum absolute atomic E-state index is 12.1. The first kappa shape index (κ1) is 15.1. The molecule has 1 amide bonds. The molecule has 0 aliphatic carbocycles. The monoisotopic (exact) mass is 288 g/mol. The van der Waals surface area contributed by atoms with Crippen LogP contribution in [0.3, 0.4) is 0 Å². The number of carbonyl (C=O) groups is 1. The van der Waals surface area contributed by atoms with Crippen LogP contribution in [-0.2, 0) is 0 Å². The molecular formula is C15H20N4O2. The zero-order valence-corrected chi connectivity index (χ0v) is 12.6. The number of nitrogens with zero attached hydrogens (tertiary/aromatic N) is 2. The zero-order valence-electron chi connectivity index (χ0n) is 12.6. The highest BCUT2D eigenvalue weighted by Gasteiger charge is 2.20. The molecule has 6 nitrogen and oxygen atoms in total. The van der Waals surface area contributed by atoms with Crippen molar-refractivity contribution in [2.24, 2.45) is 0 Å². The van der Waals surface area contributed by atoms with Crippen molar-refractivity contribution in [1.29, 1.82) is 0 Å². The van der Waals surface area contributed by atoms with Crippen molar-refractivity contribution < 1.29 is 10.0 Å². The third-order valence-corrected chi connectivity index (χ3v) is 2.94. The molecule has 2 aromatic rings. The topological polar surface area (TPSA) is 81.2 Å². The SMILES string of the molecule is Cc1cnc(NC(=O)c2ccc(N(O)C(C)(C)C)cc2)[nH]1. The Bertz CT molecular complexity index is 626. The minimum atomic E-state index is -0.407. The summed E-state index contributed by atoms with van der Waals surface area (Å²) in [5.41, 5.74) is 1.60. The predicted molar refractivity (Wildman–Crippen MR) is 81.7 cm³/mol. The van der Waals surface area contributed by atoms with E-state index in [2.05, 4.69) is 15.3 Å². The summed E-state index contributed by atoms with van der Waals surface area (Å²) >= 11 is 0. The molecule has 1 aromatic carbocycles. The first-order chi connectivity index (χ1) is 9.77. The van der Waals surface area contributed by atoms with Crippen molar-refractivity contribution in [3.63, 3.8) is 0 Å². The number of imidazole rings is 1. The average molecular weight is 288 g/mol. The van der Waals surface area contributed by atoms with Crippen molar-refractivity contribution in [3.8, 4) is 0 Å². The van der Waals surface area contributed by atoms with Gasteiger partial charge in [0.25, 0.3) is 5.91 Å². The fraction of sp³-hybridized carbons (Fsp3) is 0.333. The molecule has 0 bridgehead atoms. The summed E-state index contributed by atoms with van der Waals surface area (Å²) in [5.74, 6) is 0.163. The van der Waals surface area contributed by atoms with Crippen LogP contribution in [0.15, 0.2) is 30.5 Å².